The summed E-state index contributed by atoms with van der Waals surface area (Å²) in [6.45, 7) is 6.74. The van der Waals surface area contributed by atoms with Crippen LogP contribution >= 0.6 is 12.4 Å². The summed E-state index contributed by atoms with van der Waals surface area (Å²) in [6.07, 6.45) is 0.515. The highest BCUT2D eigenvalue weighted by atomic mass is 35.5. The van der Waals surface area contributed by atoms with Crippen molar-refractivity contribution in [1.82, 2.24) is 4.90 Å². The molecule has 3 nitrogen and oxygen atoms in total. The summed E-state index contributed by atoms with van der Waals surface area (Å²) in [5.41, 5.74) is 1.97. The van der Waals surface area contributed by atoms with Gasteiger partial charge in [0.15, 0.2) is 0 Å². The number of benzene rings is 2. The predicted octanol–water partition coefficient (Wildman–Crippen LogP) is 4.93. The van der Waals surface area contributed by atoms with Crippen molar-refractivity contribution < 1.29 is 9.53 Å². The first-order chi connectivity index (χ1) is 12.4. The van der Waals surface area contributed by atoms with Crippen LogP contribution in [0, 0.1) is 5.92 Å². The van der Waals surface area contributed by atoms with Crippen LogP contribution in [0.4, 0.5) is 0 Å². The number of hydrogen-bond acceptors (Lipinski definition) is 3. The van der Waals surface area contributed by atoms with Crippen LogP contribution in [0.15, 0.2) is 60.7 Å². The molecule has 148 valence electrons. The molecule has 0 saturated carbocycles. The van der Waals surface area contributed by atoms with Crippen LogP contribution in [-0.4, -0.2) is 37.6 Å². The fraction of sp³-hybridized carbons (Fsp3) is 0.435. The number of carbonyl (C=O) groups excluding carboxylic acids is 1. The average molecular weight is 390 g/mol. The maximum atomic E-state index is 11.9. The lowest BCUT2D eigenvalue weighted by Crippen LogP contribution is -2.50. The third-order valence-corrected chi connectivity index (χ3v) is 5.11. The molecule has 0 heterocycles. The van der Waals surface area contributed by atoms with Crippen LogP contribution in [0.25, 0.3) is 0 Å². The molecule has 2 rings (SSSR count). The maximum absolute atomic E-state index is 11.9. The number of halogens is 1. The summed E-state index contributed by atoms with van der Waals surface area (Å²) in [6, 6.07) is 21.0. The van der Waals surface area contributed by atoms with Gasteiger partial charge in [0.2, 0.25) is 0 Å². The van der Waals surface area contributed by atoms with Gasteiger partial charge in [-0.1, -0.05) is 74.5 Å². The number of esters is 1. The SMILES string of the molecule is CC[C@H](OC(C)=O)C(c1ccccc1)(c1ccccc1)[C@H](C)CN(C)C.Cl. The van der Waals surface area contributed by atoms with Gasteiger partial charge in [0.1, 0.15) is 6.10 Å². The van der Waals surface area contributed by atoms with Gasteiger partial charge in [-0.25, -0.2) is 0 Å². The third kappa shape index (κ3) is 5.12. The Bertz CT molecular complexity index is 649. The van der Waals surface area contributed by atoms with Crippen molar-refractivity contribution in [2.45, 2.75) is 38.7 Å². The highest BCUT2D eigenvalue weighted by molar-refractivity contribution is 5.85. The molecule has 0 spiro atoms. The number of hydrogen-bond donors (Lipinski definition) is 0. The van der Waals surface area contributed by atoms with Gasteiger partial charge in [-0.2, -0.15) is 0 Å². The first kappa shape index (κ1) is 23.2. The van der Waals surface area contributed by atoms with Crippen LogP contribution in [0.3, 0.4) is 0 Å². The Labute approximate surface area is 170 Å². The lowest BCUT2D eigenvalue weighted by Gasteiger charge is -2.46. The van der Waals surface area contributed by atoms with E-state index in [1.165, 1.54) is 18.1 Å². The molecule has 0 aliphatic rings. The molecule has 0 fully saturated rings. The van der Waals surface area contributed by atoms with Gasteiger partial charge < -0.3 is 9.64 Å². The maximum Gasteiger partial charge on any atom is 0.302 e. The Morgan fingerprint density at radius 3 is 1.78 bits per heavy atom. The Morgan fingerprint density at radius 2 is 1.44 bits per heavy atom. The molecule has 2 aromatic carbocycles. The Morgan fingerprint density at radius 1 is 1.00 bits per heavy atom. The van der Waals surface area contributed by atoms with Crippen molar-refractivity contribution in [2.24, 2.45) is 5.92 Å². The summed E-state index contributed by atoms with van der Waals surface area (Å²) in [5, 5.41) is 0. The number of ether oxygens (including phenoxy) is 1. The average Bonchev–Trinajstić information content (AvgIpc) is 2.62. The van der Waals surface area contributed by atoms with Crippen LogP contribution in [0.2, 0.25) is 0 Å². The standard InChI is InChI=1S/C23H31NO2.ClH/c1-6-22(26-19(3)25)23(18(2)17-24(4)5,20-13-9-7-10-14-20)21-15-11-8-12-16-21;/h7-16,18,22H,6,17H2,1-5H3;1H/t18-,22+;/m1./s1. The molecule has 27 heavy (non-hydrogen) atoms. The highest BCUT2D eigenvalue weighted by Gasteiger charge is 2.47. The molecule has 0 aromatic heterocycles. The van der Waals surface area contributed by atoms with Crippen molar-refractivity contribution >= 4 is 18.4 Å². The van der Waals surface area contributed by atoms with Gasteiger partial charge >= 0.3 is 5.97 Å². The zero-order valence-electron chi connectivity index (χ0n) is 17.0. The van der Waals surface area contributed by atoms with Crippen LogP contribution in [0.5, 0.6) is 0 Å². The minimum Gasteiger partial charge on any atom is -0.461 e. The zero-order chi connectivity index (χ0) is 19.2. The summed E-state index contributed by atoms with van der Waals surface area (Å²) >= 11 is 0. The van der Waals surface area contributed by atoms with Gasteiger partial charge in [-0.3, -0.25) is 4.79 Å². The second-order valence-corrected chi connectivity index (χ2v) is 7.27. The number of nitrogens with zero attached hydrogens (tertiary/aromatic N) is 1. The number of rotatable bonds is 8. The van der Waals surface area contributed by atoms with E-state index in [9.17, 15) is 4.79 Å². The van der Waals surface area contributed by atoms with Crippen LogP contribution in [-0.2, 0) is 14.9 Å². The first-order valence-electron chi connectivity index (χ1n) is 9.35. The summed E-state index contributed by atoms with van der Waals surface area (Å²) in [7, 11) is 4.17. The lowest BCUT2D eigenvalue weighted by molar-refractivity contribution is -0.150. The molecule has 0 saturated heterocycles. The quantitative estimate of drug-likeness (QED) is 0.599. The van der Waals surface area contributed by atoms with Crippen molar-refractivity contribution in [1.29, 1.82) is 0 Å². The molecule has 0 aliphatic carbocycles. The monoisotopic (exact) mass is 389 g/mol. The molecule has 0 unspecified atom stereocenters. The van der Waals surface area contributed by atoms with Gasteiger partial charge in [-0.15, -0.1) is 12.4 Å². The zero-order valence-corrected chi connectivity index (χ0v) is 17.8. The molecule has 0 radical (unpaired) electrons. The van der Waals surface area contributed by atoms with E-state index in [1.807, 2.05) is 12.1 Å². The first-order valence-corrected chi connectivity index (χ1v) is 9.35. The minimum absolute atomic E-state index is 0. The van der Waals surface area contributed by atoms with E-state index in [2.05, 4.69) is 81.4 Å². The normalized spacial score (nSPS) is 13.6. The topological polar surface area (TPSA) is 29.5 Å². The third-order valence-electron chi connectivity index (χ3n) is 5.11. The van der Waals surface area contributed by atoms with Crippen molar-refractivity contribution in [3.8, 4) is 0 Å². The molecule has 0 amide bonds. The van der Waals surface area contributed by atoms with E-state index >= 15 is 0 Å². The number of carbonyl (C=O) groups is 1. The summed E-state index contributed by atoms with van der Waals surface area (Å²) < 4.78 is 5.92. The van der Waals surface area contributed by atoms with Gasteiger partial charge in [-0.05, 0) is 37.6 Å². The molecular weight excluding hydrogens is 358 g/mol. The van der Waals surface area contributed by atoms with Gasteiger partial charge in [0, 0.05) is 13.5 Å². The molecule has 0 aliphatic heterocycles. The largest absolute Gasteiger partial charge is 0.461 e. The fourth-order valence-corrected chi connectivity index (χ4v) is 4.24. The fourth-order valence-electron chi connectivity index (χ4n) is 4.24. The molecule has 2 atom stereocenters. The molecule has 0 N–H and O–H groups in total. The Kier molecular flexibility index (Phi) is 9.01. The van der Waals surface area contributed by atoms with E-state index in [1.54, 1.807) is 0 Å². The molecule has 4 heteroatoms. The van der Waals surface area contributed by atoms with Crippen molar-refractivity contribution in [3.63, 3.8) is 0 Å². The second-order valence-electron chi connectivity index (χ2n) is 7.27. The second kappa shape index (κ2) is 10.5. The van der Waals surface area contributed by atoms with Crippen molar-refractivity contribution in [3.05, 3.63) is 71.8 Å². The Hall–Kier alpha value is -1.84. The summed E-state index contributed by atoms with van der Waals surface area (Å²) in [5.74, 6) is 0.0109. The molecule has 2 aromatic rings. The highest BCUT2D eigenvalue weighted by Crippen LogP contribution is 2.45. The molecule has 0 bridgehead atoms. The summed E-state index contributed by atoms with van der Waals surface area (Å²) in [4.78, 5) is 14.1. The van der Waals surface area contributed by atoms with Crippen molar-refractivity contribution in [2.75, 3.05) is 20.6 Å². The van der Waals surface area contributed by atoms with Crippen LogP contribution in [0.1, 0.15) is 38.3 Å². The van der Waals surface area contributed by atoms with Crippen LogP contribution < -0.4 is 0 Å². The lowest BCUT2D eigenvalue weighted by atomic mass is 9.62. The molecular formula is C23H32ClNO2. The van der Waals surface area contributed by atoms with E-state index in [0.29, 0.717) is 0 Å². The van der Waals surface area contributed by atoms with E-state index in [-0.39, 0.29) is 30.4 Å². The van der Waals surface area contributed by atoms with E-state index < -0.39 is 5.41 Å². The van der Waals surface area contributed by atoms with E-state index in [0.717, 1.165) is 13.0 Å². The van der Waals surface area contributed by atoms with Gasteiger partial charge in [0.25, 0.3) is 0 Å². The smallest absolute Gasteiger partial charge is 0.302 e. The van der Waals surface area contributed by atoms with E-state index in [4.69, 9.17) is 4.74 Å². The Balaban J connectivity index is 0.00000364. The van der Waals surface area contributed by atoms with Gasteiger partial charge in [0.05, 0.1) is 5.41 Å². The minimum atomic E-state index is -0.410. The predicted molar refractivity (Wildman–Crippen MR) is 114 cm³/mol.